The third-order valence-corrected chi connectivity index (χ3v) is 5.55. The summed E-state index contributed by atoms with van der Waals surface area (Å²) in [5.41, 5.74) is 2.64. The number of rotatable bonds is 4. The van der Waals surface area contributed by atoms with Crippen molar-refractivity contribution in [1.82, 2.24) is 14.8 Å². The summed E-state index contributed by atoms with van der Waals surface area (Å²) in [4.78, 5) is 32.8. The maximum atomic E-state index is 13.0. The molecule has 1 atom stereocenters. The number of para-hydroxylation sites is 1. The van der Waals surface area contributed by atoms with Crippen LogP contribution in [-0.4, -0.2) is 52.8 Å². The molecule has 5 nitrogen and oxygen atoms in total. The molecular weight excluding hydrogens is 350 g/mol. The number of H-pyrrole nitrogens is 1. The Hall–Kier alpha value is -3.08. The van der Waals surface area contributed by atoms with E-state index >= 15 is 0 Å². The second-order valence-electron chi connectivity index (χ2n) is 7.26. The van der Waals surface area contributed by atoms with Crippen LogP contribution in [0.5, 0.6) is 0 Å². The summed E-state index contributed by atoms with van der Waals surface area (Å²) < 4.78 is 0. The second kappa shape index (κ2) is 7.89. The van der Waals surface area contributed by atoms with Gasteiger partial charge in [-0.2, -0.15) is 0 Å². The lowest BCUT2D eigenvalue weighted by Crippen LogP contribution is -2.51. The number of aromatic amines is 1. The molecule has 144 valence electrons. The van der Waals surface area contributed by atoms with Crippen molar-refractivity contribution >= 4 is 22.7 Å². The lowest BCUT2D eigenvalue weighted by atomic mass is 9.95. The van der Waals surface area contributed by atoms with Gasteiger partial charge in [0.2, 0.25) is 5.91 Å². The fraction of sp³-hybridized carbons (Fsp3) is 0.304. The highest BCUT2D eigenvalue weighted by atomic mass is 16.2. The Labute approximate surface area is 165 Å². The molecule has 28 heavy (non-hydrogen) atoms. The summed E-state index contributed by atoms with van der Waals surface area (Å²) in [7, 11) is 0. The van der Waals surface area contributed by atoms with Crippen LogP contribution in [0.4, 0.5) is 0 Å². The van der Waals surface area contributed by atoms with Crippen LogP contribution < -0.4 is 0 Å². The maximum absolute atomic E-state index is 13.0. The molecule has 0 aliphatic carbocycles. The third kappa shape index (κ3) is 3.52. The summed E-state index contributed by atoms with van der Waals surface area (Å²) in [5, 5.41) is 1.04. The molecule has 2 aromatic carbocycles. The highest BCUT2D eigenvalue weighted by Gasteiger charge is 2.29. The van der Waals surface area contributed by atoms with Crippen LogP contribution in [0.2, 0.25) is 0 Å². The van der Waals surface area contributed by atoms with Gasteiger partial charge >= 0.3 is 0 Å². The molecule has 1 saturated heterocycles. The van der Waals surface area contributed by atoms with Gasteiger partial charge in [-0.1, -0.05) is 55.5 Å². The number of nitrogens with zero attached hydrogens (tertiary/aromatic N) is 2. The number of hydrogen-bond donors (Lipinski definition) is 1. The Morgan fingerprint density at radius 3 is 2.25 bits per heavy atom. The molecule has 0 saturated carbocycles. The fourth-order valence-corrected chi connectivity index (χ4v) is 3.95. The summed E-state index contributed by atoms with van der Waals surface area (Å²) in [6.07, 6.45) is 0.775. The fourth-order valence-electron chi connectivity index (χ4n) is 3.95. The first kappa shape index (κ1) is 18.3. The van der Waals surface area contributed by atoms with Gasteiger partial charge in [0.05, 0.1) is 5.92 Å². The summed E-state index contributed by atoms with van der Waals surface area (Å²) in [6, 6.07) is 19.7. The number of carbonyl (C=O) groups excluding carboxylic acids is 2. The molecule has 0 bridgehead atoms. The molecule has 2 heterocycles. The van der Waals surface area contributed by atoms with E-state index in [0.29, 0.717) is 31.9 Å². The Kier molecular flexibility index (Phi) is 5.15. The number of hydrogen-bond acceptors (Lipinski definition) is 2. The molecule has 2 amide bonds. The van der Waals surface area contributed by atoms with Gasteiger partial charge in [0.15, 0.2) is 0 Å². The number of nitrogens with one attached hydrogen (secondary N) is 1. The molecular formula is C23H25N3O2. The summed E-state index contributed by atoms with van der Waals surface area (Å²) in [5.74, 6) is 0.0435. The van der Waals surface area contributed by atoms with E-state index < -0.39 is 0 Å². The zero-order chi connectivity index (χ0) is 19.5. The van der Waals surface area contributed by atoms with E-state index in [1.807, 2.05) is 77.4 Å². The Bertz CT molecular complexity index is 939. The quantitative estimate of drug-likeness (QED) is 0.757. The van der Waals surface area contributed by atoms with Gasteiger partial charge in [0, 0.05) is 37.1 Å². The molecule has 3 aromatic rings. The zero-order valence-corrected chi connectivity index (χ0v) is 16.1. The van der Waals surface area contributed by atoms with Crippen molar-refractivity contribution in [3.05, 3.63) is 71.9 Å². The van der Waals surface area contributed by atoms with Crippen molar-refractivity contribution in [2.45, 2.75) is 19.3 Å². The topological polar surface area (TPSA) is 56.4 Å². The highest BCUT2D eigenvalue weighted by Crippen LogP contribution is 2.23. The van der Waals surface area contributed by atoms with E-state index in [1.54, 1.807) is 0 Å². The van der Waals surface area contributed by atoms with E-state index in [9.17, 15) is 9.59 Å². The lowest BCUT2D eigenvalue weighted by Gasteiger charge is -2.36. The van der Waals surface area contributed by atoms with Gasteiger partial charge in [-0.05, 0) is 24.1 Å². The largest absolute Gasteiger partial charge is 0.351 e. The van der Waals surface area contributed by atoms with Gasteiger partial charge < -0.3 is 14.8 Å². The number of benzene rings is 2. The van der Waals surface area contributed by atoms with Crippen LogP contribution in [0, 0.1) is 0 Å². The van der Waals surface area contributed by atoms with Gasteiger partial charge in [-0.3, -0.25) is 9.59 Å². The van der Waals surface area contributed by atoms with Crippen molar-refractivity contribution in [2.75, 3.05) is 26.2 Å². The van der Waals surface area contributed by atoms with Crippen LogP contribution in [0.15, 0.2) is 60.7 Å². The number of piperazine rings is 1. The second-order valence-corrected chi connectivity index (χ2v) is 7.26. The monoisotopic (exact) mass is 375 g/mol. The molecule has 1 aliphatic rings. The maximum Gasteiger partial charge on any atom is 0.270 e. The minimum absolute atomic E-state index is 0.00148. The number of carbonyl (C=O) groups is 2. The van der Waals surface area contributed by atoms with E-state index in [4.69, 9.17) is 0 Å². The van der Waals surface area contributed by atoms with Crippen LogP contribution in [0.3, 0.4) is 0 Å². The molecule has 1 unspecified atom stereocenters. The van der Waals surface area contributed by atoms with Crippen molar-refractivity contribution in [3.8, 4) is 0 Å². The first-order chi connectivity index (χ1) is 13.7. The van der Waals surface area contributed by atoms with Gasteiger partial charge in [0.1, 0.15) is 5.69 Å². The third-order valence-electron chi connectivity index (χ3n) is 5.55. The van der Waals surface area contributed by atoms with E-state index in [0.717, 1.165) is 22.9 Å². The molecule has 4 rings (SSSR count). The van der Waals surface area contributed by atoms with Crippen LogP contribution >= 0.6 is 0 Å². The Morgan fingerprint density at radius 1 is 0.929 bits per heavy atom. The van der Waals surface area contributed by atoms with E-state index in [1.165, 1.54) is 0 Å². The Balaban J connectivity index is 1.41. The van der Waals surface area contributed by atoms with Crippen LogP contribution in [0.25, 0.3) is 10.9 Å². The van der Waals surface area contributed by atoms with Gasteiger partial charge in [-0.25, -0.2) is 0 Å². The normalized spacial score (nSPS) is 15.6. The molecule has 1 aromatic heterocycles. The van der Waals surface area contributed by atoms with Crippen molar-refractivity contribution in [2.24, 2.45) is 0 Å². The smallest absolute Gasteiger partial charge is 0.270 e. The van der Waals surface area contributed by atoms with Crippen molar-refractivity contribution in [1.29, 1.82) is 0 Å². The molecule has 0 radical (unpaired) electrons. The molecule has 1 N–H and O–H groups in total. The minimum atomic E-state index is -0.114. The molecule has 0 spiro atoms. The summed E-state index contributed by atoms with van der Waals surface area (Å²) >= 11 is 0. The molecule has 1 aliphatic heterocycles. The van der Waals surface area contributed by atoms with Crippen molar-refractivity contribution < 1.29 is 9.59 Å². The highest BCUT2D eigenvalue weighted by molar-refractivity contribution is 5.98. The SMILES string of the molecule is CCC(C(=O)N1CCN(C(=O)c2cc3ccccc3[nH]2)CC1)c1ccccc1. The van der Waals surface area contributed by atoms with Crippen molar-refractivity contribution in [3.63, 3.8) is 0 Å². The predicted molar refractivity (Wildman–Crippen MR) is 110 cm³/mol. The number of fused-ring (bicyclic) bond motifs is 1. The number of aromatic nitrogens is 1. The molecule has 5 heteroatoms. The first-order valence-corrected chi connectivity index (χ1v) is 9.88. The van der Waals surface area contributed by atoms with Crippen LogP contribution in [0.1, 0.15) is 35.3 Å². The van der Waals surface area contributed by atoms with E-state index in [2.05, 4.69) is 4.98 Å². The zero-order valence-electron chi connectivity index (χ0n) is 16.1. The van der Waals surface area contributed by atoms with Crippen LogP contribution in [-0.2, 0) is 4.79 Å². The van der Waals surface area contributed by atoms with Gasteiger partial charge in [0.25, 0.3) is 5.91 Å². The summed E-state index contributed by atoms with van der Waals surface area (Å²) in [6.45, 7) is 4.32. The van der Waals surface area contributed by atoms with E-state index in [-0.39, 0.29) is 17.7 Å². The molecule has 1 fully saturated rings. The average Bonchev–Trinajstić information content (AvgIpc) is 3.19. The number of amides is 2. The Morgan fingerprint density at radius 2 is 1.57 bits per heavy atom. The minimum Gasteiger partial charge on any atom is -0.351 e. The van der Waals surface area contributed by atoms with Gasteiger partial charge in [-0.15, -0.1) is 0 Å². The average molecular weight is 375 g/mol. The predicted octanol–water partition coefficient (Wildman–Crippen LogP) is 3.65. The standard InChI is InChI=1S/C23H25N3O2/c1-2-19(17-8-4-3-5-9-17)22(27)25-12-14-26(15-13-25)23(28)21-16-18-10-6-7-11-20(18)24-21/h3-11,16,19,24H,2,12-15H2,1H3. The first-order valence-electron chi connectivity index (χ1n) is 9.88. The lowest BCUT2D eigenvalue weighted by molar-refractivity contribution is -0.134.